The Balaban J connectivity index is 1.49. The van der Waals surface area contributed by atoms with Crippen molar-refractivity contribution in [3.05, 3.63) is 107 Å². The molecule has 0 aliphatic carbocycles. The van der Waals surface area contributed by atoms with Crippen molar-refractivity contribution in [2.24, 2.45) is 0 Å². The van der Waals surface area contributed by atoms with E-state index in [9.17, 15) is 0 Å². The van der Waals surface area contributed by atoms with Gasteiger partial charge in [-0.2, -0.15) is 4.58 Å². The Kier molecular flexibility index (Phi) is 7.26. The molecule has 2 aromatic carbocycles. The summed E-state index contributed by atoms with van der Waals surface area (Å²) in [6.07, 6.45) is 15.2. The second kappa shape index (κ2) is 9.81. The Hall–Kier alpha value is -3.13. The molecule has 206 valence electrons. The van der Waals surface area contributed by atoms with Crippen molar-refractivity contribution in [3.63, 3.8) is 0 Å². The number of hydrogen-bond acceptors (Lipinski definition) is 1. The van der Waals surface area contributed by atoms with Crippen molar-refractivity contribution >= 4 is 17.1 Å². The number of nitrogens with zero attached hydrogens (tertiary/aromatic N) is 2. The highest BCUT2D eigenvalue weighted by molar-refractivity contribution is 6.03. The third-order valence-corrected chi connectivity index (χ3v) is 8.75. The predicted octanol–water partition coefficient (Wildman–Crippen LogP) is 9.27. The zero-order valence-corrected chi connectivity index (χ0v) is 26.4. The van der Waals surface area contributed by atoms with Crippen LogP contribution in [0, 0.1) is 0 Å². The summed E-state index contributed by atoms with van der Waals surface area (Å²) in [5.41, 5.74) is 11.1. The third kappa shape index (κ3) is 5.23. The molecule has 4 rings (SSSR count). The summed E-state index contributed by atoms with van der Waals surface area (Å²) < 4.78 is 2.34. The Labute approximate surface area is 238 Å². The molecule has 0 radical (unpaired) electrons. The highest BCUT2D eigenvalue weighted by atomic mass is 15.2. The van der Waals surface area contributed by atoms with Gasteiger partial charge in [-0.3, -0.25) is 0 Å². The van der Waals surface area contributed by atoms with E-state index in [2.05, 4.69) is 172 Å². The number of allylic oxidation sites excluding steroid dienone is 8. The first-order valence-corrected chi connectivity index (χ1v) is 14.3. The largest absolute Gasteiger partial charge is 0.347 e. The molecule has 2 heteroatoms. The van der Waals surface area contributed by atoms with E-state index in [1.807, 2.05) is 0 Å². The monoisotopic (exact) mass is 521 g/mol. The number of anilines is 1. The first-order valence-electron chi connectivity index (χ1n) is 14.3. The summed E-state index contributed by atoms with van der Waals surface area (Å²) in [5.74, 6) is 0. The van der Waals surface area contributed by atoms with Crippen LogP contribution in [-0.4, -0.2) is 24.4 Å². The topological polar surface area (TPSA) is 6.25 Å². The van der Waals surface area contributed by atoms with Gasteiger partial charge in [-0.1, -0.05) is 104 Å². The molecule has 0 unspecified atom stereocenters. The predicted molar refractivity (Wildman–Crippen MR) is 171 cm³/mol. The minimum Gasteiger partial charge on any atom is -0.347 e. The number of likely N-dealkylation sites (N-methyl/N-ethyl adjacent to an activating group) is 1. The van der Waals surface area contributed by atoms with Gasteiger partial charge in [0.2, 0.25) is 5.69 Å². The number of rotatable bonds is 4. The van der Waals surface area contributed by atoms with E-state index in [4.69, 9.17) is 0 Å². The normalized spacial score (nSPS) is 19.8. The van der Waals surface area contributed by atoms with Crippen LogP contribution >= 0.6 is 0 Å². The summed E-state index contributed by atoms with van der Waals surface area (Å²) in [6, 6.07) is 13.9. The van der Waals surface area contributed by atoms with Crippen LogP contribution in [0.25, 0.3) is 0 Å². The first-order chi connectivity index (χ1) is 18.0. The quantitative estimate of drug-likeness (QED) is 0.287. The van der Waals surface area contributed by atoms with Crippen LogP contribution in [0.1, 0.15) is 91.5 Å². The molecule has 2 aliphatic heterocycles. The number of hydrogen-bond donors (Lipinski definition) is 0. The number of fused-ring (bicyclic) bond motifs is 2. The van der Waals surface area contributed by atoms with Gasteiger partial charge in [-0.25, -0.2) is 0 Å². The molecule has 2 aromatic rings. The van der Waals surface area contributed by atoms with E-state index in [-0.39, 0.29) is 21.7 Å². The fourth-order valence-corrected chi connectivity index (χ4v) is 6.09. The van der Waals surface area contributed by atoms with E-state index in [1.165, 1.54) is 45.0 Å². The van der Waals surface area contributed by atoms with Crippen LogP contribution in [0.4, 0.5) is 11.4 Å². The van der Waals surface area contributed by atoms with E-state index in [1.54, 1.807) is 0 Å². The van der Waals surface area contributed by atoms with Gasteiger partial charge in [0.15, 0.2) is 5.71 Å². The van der Waals surface area contributed by atoms with Crippen LogP contribution in [0.2, 0.25) is 0 Å². The molecule has 0 saturated carbocycles. The summed E-state index contributed by atoms with van der Waals surface area (Å²) >= 11 is 0. The zero-order chi connectivity index (χ0) is 29.0. The van der Waals surface area contributed by atoms with E-state index in [0.29, 0.717) is 0 Å². The minimum absolute atomic E-state index is 0.0313. The van der Waals surface area contributed by atoms with Gasteiger partial charge in [-0.05, 0) is 59.6 Å². The smallest absolute Gasteiger partial charge is 0.209 e. The van der Waals surface area contributed by atoms with Crippen molar-refractivity contribution in [2.45, 2.75) is 90.9 Å². The first kappa shape index (κ1) is 28.9. The molecule has 2 heterocycles. The molecule has 39 heavy (non-hydrogen) atoms. The van der Waals surface area contributed by atoms with Crippen LogP contribution in [0.5, 0.6) is 0 Å². The summed E-state index contributed by atoms with van der Waals surface area (Å²) in [4.78, 5) is 2.34. The fraction of sp³-hybridized carbons (Fsp3) is 0.432. The van der Waals surface area contributed by atoms with Crippen LogP contribution < -0.4 is 4.90 Å². The maximum absolute atomic E-state index is 2.41. The summed E-state index contributed by atoms with van der Waals surface area (Å²) in [5, 5.41) is 0. The van der Waals surface area contributed by atoms with E-state index < -0.39 is 0 Å². The summed E-state index contributed by atoms with van der Waals surface area (Å²) in [6.45, 7) is 23.0. The van der Waals surface area contributed by atoms with Gasteiger partial charge in [0.1, 0.15) is 7.05 Å². The molecule has 0 bridgehead atoms. The fourth-order valence-electron chi connectivity index (χ4n) is 6.09. The van der Waals surface area contributed by atoms with Crippen molar-refractivity contribution < 1.29 is 4.58 Å². The SMILES string of the molecule is CN1C(=CC=CC=CC=CC2=[N+](C)c3ccc(C(C)(C)C)cc3C2(C)C)C(C)(C)c2cc(C(C)(C)C)ccc21. The lowest BCUT2D eigenvalue weighted by Gasteiger charge is -2.24. The molecule has 0 spiro atoms. The van der Waals surface area contributed by atoms with Gasteiger partial charge >= 0.3 is 0 Å². The lowest BCUT2D eigenvalue weighted by atomic mass is 9.78. The maximum Gasteiger partial charge on any atom is 0.209 e. The Morgan fingerprint density at radius 3 is 1.85 bits per heavy atom. The Morgan fingerprint density at radius 1 is 0.692 bits per heavy atom. The van der Waals surface area contributed by atoms with Crippen LogP contribution in [-0.2, 0) is 21.7 Å². The average Bonchev–Trinajstić information content (AvgIpc) is 3.15. The van der Waals surface area contributed by atoms with Crippen LogP contribution in [0.3, 0.4) is 0 Å². The van der Waals surface area contributed by atoms with Gasteiger partial charge in [0.05, 0.1) is 5.41 Å². The van der Waals surface area contributed by atoms with E-state index in [0.717, 1.165) is 0 Å². The maximum atomic E-state index is 2.41. The van der Waals surface area contributed by atoms with Crippen molar-refractivity contribution in [2.75, 3.05) is 19.0 Å². The third-order valence-electron chi connectivity index (χ3n) is 8.75. The second-order valence-corrected chi connectivity index (χ2v) is 14.4. The lowest BCUT2D eigenvalue weighted by Crippen LogP contribution is -2.27. The summed E-state index contributed by atoms with van der Waals surface area (Å²) in [7, 11) is 4.37. The zero-order valence-electron chi connectivity index (χ0n) is 26.4. The molecule has 0 fully saturated rings. The average molecular weight is 522 g/mol. The molecule has 0 aromatic heterocycles. The van der Waals surface area contributed by atoms with Crippen LogP contribution in [0.15, 0.2) is 84.6 Å². The molecule has 0 atom stereocenters. The minimum atomic E-state index is -0.0313. The molecular formula is C37H49N2+. The highest BCUT2D eigenvalue weighted by Gasteiger charge is 2.43. The second-order valence-electron chi connectivity index (χ2n) is 14.4. The van der Waals surface area contributed by atoms with Crippen molar-refractivity contribution in [3.8, 4) is 0 Å². The van der Waals surface area contributed by atoms with Crippen molar-refractivity contribution in [1.29, 1.82) is 0 Å². The van der Waals surface area contributed by atoms with Gasteiger partial charge in [-0.15, -0.1) is 0 Å². The molecule has 0 N–H and O–H groups in total. The molecule has 2 nitrogen and oxygen atoms in total. The standard InChI is InChI=1S/C37H49N2/c1-34(2,3)26-20-22-30-28(24-26)36(7,8)32(38(30)11)18-16-14-13-15-17-19-33-37(9,10)29-25-27(35(4,5)6)21-23-31(29)39(33)12/h13-25H,1-12H3/q+1. The van der Waals surface area contributed by atoms with Gasteiger partial charge in [0, 0.05) is 41.6 Å². The molecule has 0 saturated heterocycles. The number of benzene rings is 2. The Bertz CT molecular complexity index is 1420. The molecular weight excluding hydrogens is 472 g/mol. The van der Waals surface area contributed by atoms with Gasteiger partial charge in [0.25, 0.3) is 0 Å². The molecule has 0 amide bonds. The van der Waals surface area contributed by atoms with Crippen molar-refractivity contribution in [1.82, 2.24) is 0 Å². The Morgan fingerprint density at radius 2 is 1.23 bits per heavy atom. The lowest BCUT2D eigenvalue weighted by molar-refractivity contribution is -0.401. The van der Waals surface area contributed by atoms with Gasteiger partial charge < -0.3 is 4.90 Å². The highest BCUT2D eigenvalue weighted by Crippen LogP contribution is 2.48. The molecule has 2 aliphatic rings. The van der Waals surface area contributed by atoms with E-state index >= 15 is 0 Å².